The number of nitrogens with zero attached hydrogens (tertiary/aromatic N) is 1. The van der Waals surface area contributed by atoms with Crippen LogP contribution >= 0.6 is 23.2 Å². The van der Waals surface area contributed by atoms with Crippen LogP contribution in [0.5, 0.6) is 5.75 Å². The molecule has 3 aliphatic rings. The van der Waals surface area contributed by atoms with Gasteiger partial charge in [-0.2, -0.15) is 0 Å². The van der Waals surface area contributed by atoms with E-state index < -0.39 is 4.33 Å². The highest BCUT2D eigenvalue weighted by Crippen LogP contribution is 2.78. The summed E-state index contributed by atoms with van der Waals surface area (Å²) < 4.78 is 5.13. The van der Waals surface area contributed by atoms with E-state index in [2.05, 4.69) is 34.5 Å². The van der Waals surface area contributed by atoms with Crippen LogP contribution in [0.25, 0.3) is 0 Å². The van der Waals surface area contributed by atoms with Gasteiger partial charge in [-0.1, -0.05) is 12.1 Å². The minimum absolute atomic E-state index is 0.0416. The molecule has 26 heavy (non-hydrogen) atoms. The zero-order chi connectivity index (χ0) is 18.4. The molecule has 0 bridgehead atoms. The molecular formula is C21H30Cl2N2O. The Hall–Kier alpha value is -0.480. The molecule has 1 spiro atoms. The number of ether oxygens (including phenoxy) is 1. The predicted molar refractivity (Wildman–Crippen MR) is 109 cm³/mol. The van der Waals surface area contributed by atoms with E-state index in [0.717, 1.165) is 50.8 Å². The van der Waals surface area contributed by atoms with Crippen LogP contribution in [0.2, 0.25) is 0 Å². The largest absolute Gasteiger partial charge is 0.491 e. The first-order chi connectivity index (χ1) is 12.4. The molecule has 5 heteroatoms. The van der Waals surface area contributed by atoms with E-state index in [4.69, 9.17) is 27.9 Å². The van der Waals surface area contributed by atoms with E-state index in [-0.39, 0.29) is 17.4 Å². The first-order valence-corrected chi connectivity index (χ1v) is 10.8. The summed E-state index contributed by atoms with van der Waals surface area (Å²) in [5.41, 5.74) is 1.29. The molecule has 3 nitrogen and oxygen atoms in total. The van der Waals surface area contributed by atoms with E-state index in [1.54, 1.807) is 0 Å². The van der Waals surface area contributed by atoms with Gasteiger partial charge in [-0.25, -0.2) is 0 Å². The third-order valence-electron chi connectivity index (χ3n) is 6.60. The Kier molecular flexibility index (Phi) is 5.20. The maximum Gasteiger partial charge on any atom is 0.132 e. The Labute approximate surface area is 167 Å². The van der Waals surface area contributed by atoms with Crippen molar-refractivity contribution >= 4 is 23.2 Å². The standard InChI is InChI=1S/C21H30Cl2N2O/c1-15(2)26-18-5-3-16(4-6-18)19-20(21(19,22)23)9-13-25(14-10-20)17-7-11-24-12-8-17/h3-6,15,17,19,24H,7-14H2,1-2H3. The lowest BCUT2D eigenvalue weighted by molar-refractivity contribution is 0.101. The fraction of sp³-hybridized carbons (Fsp3) is 0.714. The Balaban J connectivity index is 1.43. The second-order valence-corrected chi connectivity index (χ2v) is 9.85. The molecule has 2 saturated heterocycles. The maximum atomic E-state index is 6.84. The van der Waals surface area contributed by atoms with Crippen LogP contribution in [0.15, 0.2) is 24.3 Å². The molecule has 2 aliphatic heterocycles. The molecule has 1 atom stereocenters. The Morgan fingerprint density at radius 1 is 1.08 bits per heavy atom. The third kappa shape index (κ3) is 3.26. The number of nitrogens with one attached hydrogen (secondary N) is 1. The number of hydrogen-bond acceptors (Lipinski definition) is 3. The van der Waals surface area contributed by atoms with Gasteiger partial charge in [0.2, 0.25) is 0 Å². The van der Waals surface area contributed by atoms with Crippen molar-refractivity contribution in [2.45, 2.75) is 61.9 Å². The third-order valence-corrected chi connectivity index (χ3v) is 7.79. The average Bonchev–Trinajstić information content (AvgIpc) is 3.10. The van der Waals surface area contributed by atoms with E-state index in [1.807, 2.05) is 13.8 Å². The van der Waals surface area contributed by atoms with Crippen LogP contribution in [0.4, 0.5) is 0 Å². The first kappa shape index (κ1) is 18.9. The fourth-order valence-electron chi connectivity index (χ4n) is 5.13. The molecule has 1 saturated carbocycles. The van der Waals surface area contributed by atoms with Crippen LogP contribution in [0.3, 0.4) is 0 Å². The number of benzene rings is 1. The lowest BCUT2D eigenvalue weighted by atomic mass is 9.87. The monoisotopic (exact) mass is 396 g/mol. The normalized spacial score (nSPS) is 28.4. The molecule has 0 radical (unpaired) electrons. The van der Waals surface area contributed by atoms with E-state index >= 15 is 0 Å². The minimum atomic E-state index is -0.631. The lowest BCUT2D eigenvalue weighted by Gasteiger charge is -2.40. The van der Waals surface area contributed by atoms with Crippen LogP contribution in [-0.2, 0) is 0 Å². The van der Waals surface area contributed by atoms with Crippen molar-refractivity contribution in [3.63, 3.8) is 0 Å². The lowest BCUT2D eigenvalue weighted by Crippen LogP contribution is -2.47. The van der Waals surface area contributed by atoms with Crippen LogP contribution < -0.4 is 10.1 Å². The zero-order valence-electron chi connectivity index (χ0n) is 15.8. The van der Waals surface area contributed by atoms with Gasteiger partial charge < -0.3 is 15.0 Å². The summed E-state index contributed by atoms with van der Waals surface area (Å²) in [5.74, 6) is 1.15. The van der Waals surface area contributed by atoms with Crippen LogP contribution in [-0.4, -0.2) is 47.6 Å². The van der Waals surface area contributed by atoms with Crippen molar-refractivity contribution in [3.8, 4) is 5.75 Å². The molecule has 0 aromatic heterocycles. The number of likely N-dealkylation sites (tertiary alicyclic amines) is 1. The van der Waals surface area contributed by atoms with Gasteiger partial charge >= 0.3 is 0 Å². The van der Waals surface area contributed by atoms with Crippen molar-refractivity contribution in [2.75, 3.05) is 26.2 Å². The van der Waals surface area contributed by atoms with Crippen molar-refractivity contribution in [1.29, 1.82) is 0 Å². The fourth-order valence-corrected chi connectivity index (χ4v) is 6.29. The van der Waals surface area contributed by atoms with Gasteiger partial charge in [-0.05, 0) is 83.4 Å². The molecule has 4 rings (SSSR count). The molecule has 1 aromatic carbocycles. The molecule has 2 heterocycles. The predicted octanol–water partition coefficient (Wildman–Crippen LogP) is 4.58. The van der Waals surface area contributed by atoms with Gasteiger partial charge in [0.25, 0.3) is 0 Å². The molecular weight excluding hydrogens is 367 g/mol. The summed E-state index contributed by atoms with van der Waals surface area (Å²) in [5, 5.41) is 3.46. The highest BCUT2D eigenvalue weighted by molar-refractivity contribution is 6.52. The average molecular weight is 397 g/mol. The Bertz CT molecular complexity index is 617. The van der Waals surface area contributed by atoms with E-state index in [1.165, 1.54) is 18.4 Å². The van der Waals surface area contributed by atoms with Crippen LogP contribution in [0.1, 0.15) is 51.0 Å². The molecule has 1 N–H and O–H groups in total. The van der Waals surface area contributed by atoms with Gasteiger partial charge in [0.05, 0.1) is 6.10 Å². The van der Waals surface area contributed by atoms with Crippen molar-refractivity contribution in [1.82, 2.24) is 10.2 Å². The summed E-state index contributed by atoms with van der Waals surface area (Å²) in [4.78, 5) is 2.67. The smallest absolute Gasteiger partial charge is 0.132 e. The zero-order valence-corrected chi connectivity index (χ0v) is 17.3. The molecule has 1 aliphatic carbocycles. The molecule has 3 fully saturated rings. The maximum absolute atomic E-state index is 6.84. The summed E-state index contributed by atoms with van der Waals surface area (Å²) in [7, 11) is 0. The van der Waals surface area contributed by atoms with Gasteiger partial charge in [-0.15, -0.1) is 23.2 Å². The highest BCUT2D eigenvalue weighted by Gasteiger charge is 2.75. The van der Waals surface area contributed by atoms with Crippen LogP contribution in [0, 0.1) is 5.41 Å². The van der Waals surface area contributed by atoms with Gasteiger partial charge in [-0.3, -0.25) is 0 Å². The molecule has 1 unspecified atom stereocenters. The van der Waals surface area contributed by atoms with E-state index in [9.17, 15) is 0 Å². The van der Waals surface area contributed by atoms with Gasteiger partial charge in [0, 0.05) is 17.4 Å². The second kappa shape index (κ2) is 7.16. The minimum Gasteiger partial charge on any atom is -0.491 e. The molecule has 0 amide bonds. The van der Waals surface area contributed by atoms with Crippen molar-refractivity contribution < 1.29 is 4.74 Å². The van der Waals surface area contributed by atoms with E-state index in [0.29, 0.717) is 0 Å². The van der Waals surface area contributed by atoms with Crippen molar-refractivity contribution in [3.05, 3.63) is 29.8 Å². The van der Waals surface area contributed by atoms with Crippen molar-refractivity contribution in [2.24, 2.45) is 5.41 Å². The number of halogens is 2. The summed E-state index contributed by atoms with van der Waals surface area (Å²) in [6.07, 6.45) is 4.91. The second-order valence-electron chi connectivity index (χ2n) is 8.46. The number of hydrogen-bond donors (Lipinski definition) is 1. The topological polar surface area (TPSA) is 24.5 Å². The Morgan fingerprint density at radius 2 is 1.69 bits per heavy atom. The number of piperidine rings is 2. The molecule has 1 aromatic rings. The quantitative estimate of drug-likeness (QED) is 0.753. The summed E-state index contributed by atoms with van der Waals surface area (Å²) in [6, 6.07) is 9.13. The number of alkyl halides is 2. The summed E-state index contributed by atoms with van der Waals surface area (Å²) >= 11 is 13.7. The van der Waals surface area contributed by atoms with Gasteiger partial charge in [0.1, 0.15) is 10.1 Å². The highest BCUT2D eigenvalue weighted by atomic mass is 35.5. The SMILES string of the molecule is CC(C)Oc1ccc(C2C(Cl)(Cl)C23CCN(C2CCNCC2)CC3)cc1. The summed E-state index contributed by atoms with van der Waals surface area (Å²) in [6.45, 7) is 8.63. The van der Waals surface area contributed by atoms with Gasteiger partial charge in [0.15, 0.2) is 0 Å². The first-order valence-electron chi connectivity index (χ1n) is 10.0. The molecule has 144 valence electrons. The number of rotatable bonds is 4. The Morgan fingerprint density at radius 3 is 2.27 bits per heavy atom.